The van der Waals surface area contributed by atoms with Gasteiger partial charge in [-0.3, -0.25) is 0 Å². The molecule has 0 aliphatic heterocycles. The molecule has 0 spiro atoms. The molecule has 1 atom stereocenters. The Kier molecular flexibility index (Phi) is 5.17. The van der Waals surface area contributed by atoms with E-state index < -0.39 is 6.61 Å². The molecule has 0 aliphatic rings. The van der Waals surface area contributed by atoms with Crippen molar-refractivity contribution in [2.24, 2.45) is 0 Å². The van der Waals surface area contributed by atoms with Gasteiger partial charge in [0.15, 0.2) is 0 Å². The van der Waals surface area contributed by atoms with Crippen molar-refractivity contribution in [1.82, 2.24) is 0 Å². The number of hydrogen-bond donors (Lipinski definition) is 0. The van der Waals surface area contributed by atoms with Crippen molar-refractivity contribution < 1.29 is 18.3 Å². The van der Waals surface area contributed by atoms with Crippen LogP contribution in [0, 0.1) is 6.92 Å². The van der Waals surface area contributed by atoms with Gasteiger partial charge in [0.05, 0.1) is 11.9 Å². The van der Waals surface area contributed by atoms with Gasteiger partial charge < -0.3 is 9.47 Å². The van der Waals surface area contributed by atoms with E-state index in [2.05, 4.69) is 20.7 Å². The lowest BCUT2D eigenvalue weighted by molar-refractivity contribution is -0.0498. The summed E-state index contributed by atoms with van der Waals surface area (Å²) < 4.78 is 34.4. The number of ether oxygens (including phenoxy) is 2. The molecular weight excluding hydrogens is 342 g/mol. The van der Waals surface area contributed by atoms with Crippen LogP contribution in [0.2, 0.25) is 0 Å². The zero-order valence-corrected chi connectivity index (χ0v) is 13.2. The lowest BCUT2D eigenvalue weighted by Crippen LogP contribution is -2.03. The van der Waals surface area contributed by atoms with E-state index in [4.69, 9.17) is 4.74 Å². The van der Waals surface area contributed by atoms with Gasteiger partial charge in [0, 0.05) is 5.56 Å². The maximum absolute atomic E-state index is 12.3. The second-order valence-corrected chi connectivity index (χ2v) is 5.47. The average Bonchev–Trinajstić information content (AvgIpc) is 2.46. The Bertz CT molecular complexity index is 617. The number of aryl methyl sites for hydroxylation is 1. The summed E-state index contributed by atoms with van der Waals surface area (Å²) in [5.41, 5.74) is 2.85. The summed E-state index contributed by atoms with van der Waals surface area (Å²) in [5.74, 6) is 0.876. The predicted octanol–water partition coefficient (Wildman–Crippen LogP) is 5.09. The minimum atomic E-state index is -2.83. The van der Waals surface area contributed by atoms with E-state index >= 15 is 0 Å². The lowest BCUT2D eigenvalue weighted by Gasteiger charge is -2.16. The first kappa shape index (κ1) is 15.8. The molecule has 0 aliphatic carbocycles. The molecule has 1 unspecified atom stereocenters. The smallest absolute Gasteiger partial charge is 0.387 e. The normalized spacial score (nSPS) is 12.3. The van der Waals surface area contributed by atoms with Crippen LogP contribution in [0.4, 0.5) is 8.78 Å². The van der Waals surface area contributed by atoms with E-state index in [9.17, 15) is 8.78 Å². The molecule has 5 heteroatoms. The first-order valence-corrected chi connectivity index (χ1v) is 7.26. The molecule has 0 bridgehead atoms. The van der Waals surface area contributed by atoms with Crippen molar-refractivity contribution in [3.8, 4) is 11.5 Å². The Morgan fingerprint density at radius 1 is 1.10 bits per heavy atom. The molecule has 0 saturated heterocycles. The summed E-state index contributed by atoms with van der Waals surface area (Å²) in [7, 11) is 1.60. The van der Waals surface area contributed by atoms with Crippen molar-refractivity contribution in [3.05, 3.63) is 59.2 Å². The number of alkyl halides is 3. The van der Waals surface area contributed by atoms with Crippen molar-refractivity contribution in [2.45, 2.75) is 18.4 Å². The maximum Gasteiger partial charge on any atom is 0.387 e. The molecule has 2 aromatic rings. The number of methoxy groups -OCH3 is 1. The van der Waals surface area contributed by atoms with Gasteiger partial charge >= 0.3 is 6.61 Å². The Balaban J connectivity index is 2.35. The van der Waals surface area contributed by atoms with Gasteiger partial charge in [-0.15, -0.1) is 0 Å². The first-order valence-electron chi connectivity index (χ1n) is 6.34. The van der Waals surface area contributed by atoms with Crippen molar-refractivity contribution in [2.75, 3.05) is 7.11 Å². The number of hydrogen-bond acceptors (Lipinski definition) is 2. The molecule has 0 aromatic heterocycles. The average molecular weight is 357 g/mol. The first-order chi connectivity index (χ1) is 10.0. The minimum absolute atomic E-state index is 0.138. The van der Waals surface area contributed by atoms with Gasteiger partial charge in [-0.05, 0) is 30.7 Å². The van der Waals surface area contributed by atoms with Crippen LogP contribution in [0.1, 0.15) is 21.5 Å². The van der Waals surface area contributed by atoms with E-state index in [0.29, 0.717) is 0 Å². The third-order valence-electron chi connectivity index (χ3n) is 3.03. The summed E-state index contributed by atoms with van der Waals surface area (Å²) in [6.07, 6.45) is 0. The molecule has 0 heterocycles. The monoisotopic (exact) mass is 356 g/mol. The maximum atomic E-state index is 12.3. The topological polar surface area (TPSA) is 18.5 Å². The van der Waals surface area contributed by atoms with E-state index in [0.717, 1.165) is 22.4 Å². The molecule has 0 amide bonds. The molecular formula is C16H15BrF2O2. The number of halogens is 3. The molecule has 0 N–H and O–H groups in total. The summed E-state index contributed by atoms with van der Waals surface area (Å²) in [5, 5.41) is 0. The number of rotatable bonds is 5. The zero-order chi connectivity index (χ0) is 15.4. The van der Waals surface area contributed by atoms with Gasteiger partial charge in [0.25, 0.3) is 0 Å². The van der Waals surface area contributed by atoms with Gasteiger partial charge in [0.2, 0.25) is 0 Å². The molecule has 112 valence electrons. The molecule has 21 heavy (non-hydrogen) atoms. The Morgan fingerprint density at radius 3 is 2.52 bits per heavy atom. The SMILES string of the molecule is COc1ccc(C)cc1C(Br)c1cccc(OC(F)F)c1. The fourth-order valence-electron chi connectivity index (χ4n) is 2.08. The second-order valence-electron chi connectivity index (χ2n) is 4.56. The van der Waals surface area contributed by atoms with Crippen molar-refractivity contribution in [1.29, 1.82) is 0 Å². The second kappa shape index (κ2) is 6.89. The van der Waals surface area contributed by atoms with Crippen LogP contribution in [0.3, 0.4) is 0 Å². The molecule has 2 nitrogen and oxygen atoms in total. The van der Waals surface area contributed by atoms with Crippen LogP contribution >= 0.6 is 15.9 Å². The summed E-state index contributed by atoms with van der Waals surface area (Å²) in [6.45, 7) is -0.846. The van der Waals surface area contributed by atoms with E-state index in [1.54, 1.807) is 19.2 Å². The van der Waals surface area contributed by atoms with Crippen LogP contribution in [0.5, 0.6) is 11.5 Å². The Hall–Kier alpha value is -1.62. The van der Waals surface area contributed by atoms with Crippen molar-refractivity contribution in [3.63, 3.8) is 0 Å². The number of benzene rings is 2. The highest BCUT2D eigenvalue weighted by Gasteiger charge is 2.16. The van der Waals surface area contributed by atoms with Crippen LogP contribution < -0.4 is 9.47 Å². The van der Waals surface area contributed by atoms with Crippen LogP contribution in [0.15, 0.2) is 42.5 Å². The highest BCUT2D eigenvalue weighted by Crippen LogP contribution is 2.38. The lowest BCUT2D eigenvalue weighted by atomic mass is 10.0. The Labute approximate surface area is 130 Å². The molecule has 2 aromatic carbocycles. The largest absolute Gasteiger partial charge is 0.496 e. The molecule has 0 fully saturated rings. The van der Waals surface area contributed by atoms with Crippen LogP contribution in [0.25, 0.3) is 0 Å². The highest BCUT2D eigenvalue weighted by atomic mass is 79.9. The van der Waals surface area contributed by atoms with Gasteiger partial charge in [-0.1, -0.05) is 45.8 Å². The molecule has 0 saturated carbocycles. The fourth-order valence-corrected chi connectivity index (χ4v) is 2.72. The van der Waals surface area contributed by atoms with Gasteiger partial charge in [-0.2, -0.15) is 8.78 Å². The minimum Gasteiger partial charge on any atom is -0.496 e. The zero-order valence-electron chi connectivity index (χ0n) is 11.6. The summed E-state index contributed by atoms with van der Waals surface area (Å²) >= 11 is 3.60. The van der Waals surface area contributed by atoms with Gasteiger partial charge in [-0.25, -0.2) is 0 Å². The molecule has 0 radical (unpaired) electrons. The fraction of sp³-hybridized carbons (Fsp3) is 0.250. The Morgan fingerprint density at radius 2 is 1.86 bits per heavy atom. The molecule has 2 rings (SSSR count). The van der Waals surface area contributed by atoms with Crippen molar-refractivity contribution >= 4 is 15.9 Å². The van der Waals surface area contributed by atoms with Gasteiger partial charge in [0.1, 0.15) is 11.5 Å². The third-order valence-corrected chi connectivity index (χ3v) is 4.06. The van der Waals surface area contributed by atoms with E-state index in [1.165, 1.54) is 6.07 Å². The predicted molar refractivity (Wildman–Crippen MR) is 81.6 cm³/mol. The summed E-state index contributed by atoms with van der Waals surface area (Å²) in [4.78, 5) is -0.173. The standard InChI is InChI=1S/C16H15BrF2O2/c1-10-6-7-14(20-2)13(8-10)15(17)11-4-3-5-12(9-11)21-16(18)19/h3-9,15-16H,1-2H3. The third kappa shape index (κ3) is 3.94. The van der Waals surface area contributed by atoms with Crippen LogP contribution in [-0.2, 0) is 0 Å². The quantitative estimate of drug-likeness (QED) is 0.694. The van der Waals surface area contributed by atoms with E-state index in [-0.39, 0.29) is 10.6 Å². The van der Waals surface area contributed by atoms with Crippen LogP contribution in [-0.4, -0.2) is 13.7 Å². The van der Waals surface area contributed by atoms with E-state index in [1.807, 2.05) is 31.2 Å². The summed E-state index contributed by atoms with van der Waals surface area (Å²) in [6, 6.07) is 12.5. The highest BCUT2D eigenvalue weighted by molar-refractivity contribution is 9.09.